The lowest BCUT2D eigenvalue weighted by molar-refractivity contribution is 0.276. The van der Waals surface area contributed by atoms with Crippen LogP contribution in [0.3, 0.4) is 0 Å². The topological polar surface area (TPSA) is 0 Å². The van der Waals surface area contributed by atoms with Crippen LogP contribution < -0.4 is 0 Å². The SMILES string of the molecule is CCC1(CCl)CCC=CCC1. The molecule has 1 rings (SSSR count). The zero-order chi connectivity index (χ0) is 8.16. The van der Waals surface area contributed by atoms with E-state index < -0.39 is 0 Å². The molecule has 0 saturated heterocycles. The highest BCUT2D eigenvalue weighted by Crippen LogP contribution is 2.36. The number of alkyl halides is 1. The minimum absolute atomic E-state index is 0.449. The van der Waals surface area contributed by atoms with Gasteiger partial charge in [0.2, 0.25) is 0 Å². The first kappa shape index (κ1) is 9.12. The molecule has 0 aromatic rings. The summed E-state index contributed by atoms with van der Waals surface area (Å²) in [7, 11) is 0. The van der Waals surface area contributed by atoms with Crippen molar-refractivity contribution >= 4 is 11.6 Å². The summed E-state index contributed by atoms with van der Waals surface area (Å²) in [6, 6.07) is 0. The zero-order valence-electron chi connectivity index (χ0n) is 7.28. The highest BCUT2D eigenvalue weighted by atomic mass is 35.5. The molecule has 0 aromatic heterocycles. The Kier molecular flexibility index (Phi) is 3.45. The van der Waals surface area contributed by atoms with Crippen molar-refractivity contribution in [1.29, 1.82) is 0 Å². The second-order valence-corrected chi connectivity index (χ2v) is 3.80. The first-order chi connectivity index (χ1) is 5.33. The average Bonchev–Trinajstić information content (AvgIpc) is 2.30. The zero-order valence-corrected chi connectivity index (χ0v) is 8.03. The molecule has 0 heterocycles. The predicted molar refractivity (Wildman–Crippen MR) is 51.1 cm³/mol. The maximum atomic E-state index is 5.98. The number of rotatable bonds is 2. The van der Waals surface area contributed by atoms with Crippen LogP contribution in [0.4, 0.5) is 0 Å². The smallest absolute Gasteiger partial charge is 0.0280 e. The summed E-state index contributed by atoms with van der Waals surface area (Å²) in [5.41, 5.74) is 0.449. The molecule has 0 fully saturated rings. The molecule has 0 amide bonds. The van der Waals surface area contributed by atoms with E-state index >= 15 is 0 Å². The Morgan fingerprint density at radius 2 is 1.82 bits per heavy atom. The molecule has 0 aliphatic heterocycles. The van der Waals surface area contributed by atoms with Gasteiger partial charge in [0.25, 0.3) is 0 Å². The minimum Gasteiger partial charge on any atom is -0.126 e. The molecule has 0 unspecified atom stereocenters. The highest BCUT2D eigenvalue weighted by Gasteiger charge is 2.26. The van der Waals surface area contributed by atoms with Crippen LogP contribution in [0.5, 0.6) is 0 Å². The quantitative estimate of drug-likeness (QED) is 0.440. The summed E-state index contributed by atoms with van der Waals surface area (Å²) in [6.07, 6.45) is 10.8. The first-order valence-electron chi connectivity index (χ1n) is 4.54. The Balaban J connectivity index is 2.53. The van der Waals surface area contributed by atoms with E-state index in [9.17, 15) is 0 Å². The Labute approximate surface area is 74.6 Å². The van der Waals surface area contributed by atoms with Crippen molar-refractivity contribution in [3.63, 3.8) is 0 Å². The number of hydrogen-bond acceptors (Lipinski definition) is 0. The molecule has 1 aliphatic carbocycles. The lowest BCUT2D eigenvalue weighted by Gasteiger charge is -2.28. The summed E-state index contributed by atoms with van der Waals surface area (Å²) in [5, 5.41) is 0. The van der Waals surface area contributed by atoms with Crippen LogP contribution in [0.1, 0.15) is 39.0 Å². The van der Waals surface area contributed by atoms with E-state index in [4.69, 9.17) is 11.6 Å². The Bertz CT molecular complexity index is 122. The van der Waals surface area contributed by atoms with Crippen LogP contribution >= 0.6 is 11.6 Å². The van der Waals surface area contributed by atoms with Crippen LogP contribution in [-0.2, 0) is 0 Å². The van der Waals surface area contributed by atoms with Crippen LogP contribution in [0.25, 0.3) is 0 Å². The summed E-state index contributed by atoms with van der Waals surface area (Å²) in [4.78, 5) is 0. The monoisotopic (exact) mass is 172 g/mol. The summed E-state index contributed by atoms with van der Waals surface area (Å²) < 4.78 is 0. The number of hydrogen-bond donors (Lipinski definition) is 0. The molecule has 1 aliphatic rings. The largest absolute Gasteiger partial charge is 0.126 e. The van der Waals surface area contributed by atoms with Gasteiger partial charge < -0.3 is 0 Å². The predicted octanol–water partition coefficient (Wildman–Crippen LogP) is 3.75. The molecule has 0 radical (unpaired) electrons. The van der Waals surface area contributed by atoms with Gasteiger partial charge in [0, 0.05) is 5.88 Å². The Morgan fingerprint density at radius 1 is 1.27 bits per heavy atom. The maximum Gasteiger partial charge on any atom is 0.0280 e. The van der Waals surface area contributed by atoms with Crippen molar-refractivity contribution in [1.82, 2.24) is 0 Å². The van der Waals surface area contributed by atoms with E-state index in [2.05, 4.69) is 19.1 Å². The van der Waals surface area contributed by atoms with Gasteiger partial charge in [0.1, 0.15) is 0 Å². The molecule has 11 heavy (non-hydrogen) atoms. The van der Waals surface area contributed by atoms with E-state index in [0.717, 1.165) is 5.88 Å². The normalized spacial score (nSPS) is 23.1. The van der Waals surface area contributed by atoms with Crippen LogP contribution in [0.15, 0.2) is 12.2 Å². The van der Waals surface area contributed by atoms with Crippen LogP contribution in [0.2, 0.25) is 0 Å². The molecule has 0 saturated carbocycles. The number of allylic oxidation sites excluding steroid dienone is 2. The van der Waals surface area contributed by atoms with E-state index in [1.54, 1.807) is 0 Å². The second-order valence-electron chi connectivity index (χ2n) is 3.54. The van der Waals surface area contributed by atoms with Crippen molar-refractivity contribution in [3.8, 4) is 0 Å². The summed E-state index contributed by atoms with van der Waals surface area (Å²) in [6.45, 7) is 2.26. The minimum atomic E-state index is 0.449. The molecule has 0 atom stereocenters. The van der Waals surface area contributed by atoms with Crippen LogP contribution in [0, 0.1) is 5.41 Å². The number of halogens is 1. The molecule has 0 bridgehead atoms. The molecule has 64 valence electrons. The Morgan fingerprint density at radius 3 is 2.18 bits per heavy atom. The lowest BCUT2D eigenvalue weighted by atomic mass is 9.80. The fourth-order valence-corrected chi connectivity index (χ4v) is 2.18. The second kappa shape index (κ2) is 4.15. The molecule has 0 N–H and O–H groups in total. The third kappa shape index (κ3) is 2.23. The fraction of sp³-hybridized carbons (Fsp3) is 0.800. The van der Waals surface area contributed by atoms with Gasteiger partial charge >= 0.3 is 0 Å². The molecule has 0 aromatic carbocycles. The van der Waals surface area contributed by atoms with Crippen LogP contribution in [-0.4, -0.2) is 5.88 Å². The maximum absolute atomic E-state index is 5.98. The van der Waals surface area contributed by atoms with Gasteiger partial charge in [-0.25, -0.2) is 0 Å². The average molecular weight is 173 g/mol. The van der Waals surface area contributed by atoms with E-state index in [1.165, 1.54) is 32.1 Å². The molecule has 0 nitrogen and oxygen atoms in total. The van der Waals surface area contributed by atoms with Gasteiger partial charge in [0.05, 0.1) is 0 Å². The van der Waals surface area contributed by atoms with E-state index in [1.807, 2.05) is 0 Å². The summed E-state index contributed by atoms with van der Waals surface area (Å²) in [5.74, 6) is 0.838. The van der Waals surface area contributed by atoms with Crippen molar-refractivity contribution in [2.24, 2.45) is 5.41 Å². The van der Waals surface area contributed by atoms with Gasteiger partial charge in [0.15, 0.2) is 0 Å². The van der Waals surface area contributed by atoms with Gasteiger partial charge in [-0.1, -0.05) is 19.1 Å². The standard InChI is InChI=1S/C10H17Cl/c1-2-10(9-11)7-5-3-4-6-8-10/h3-4H,2,5-9H2,1H3. The van der Waals surface area contributed by atoms with Gasteiger partial charge in [-0.3, -0.25) is 0 Å². The van der Waals surface area contributed by atoms with E-state index in [0.29, 0.717) is 5.41 Å². The third-order valence-electron chi connectivity index (χ3n) is 2.88. The van der Waals surface area contributed by atoms with E-state index in [-0.39, 0.29) is 0 Å². The fourth-order valence-electron chi connectivity index (χ4n) is 1.72. The van der Waals surface area contributed by atoms with Gasteiger partial charge in [-0.05, 0) is 37.5 Å². The molecule has 0 spiro atoms. The Hall–Kier alpha value is 0.0300. The molecular weight excluding hydrogens is 156 g/mol. The molecular formula is C10H17Cl. The summed E-state index contributed by atoms with van der Waals surface area (Å²) >= 11 is 5.98. The van der Waals surface area contributed by atoms with Crippen molar-refractivity contribution in [2.75, 3.05) is 5.88 Å². The van der Waals surface area contributed by atoms with Crippen molar-refractivity contribution in [2.45, 2.75) is 39.0 Å². The van der Waals surface area contributed by atoms with Crippen molar-refractivity contribution < 1.29 is 0 Å². The lowest BCUT2D eigenvalue weighted by Crippen LogP contribution is -2.20. The van der Waals surface area contributed by atoms with Gasteiger partial charge in [-0.2, -0.15) is 0 Å². The van der Waals surface area contributed by atoms with Crippen molar-refractivity contribution in [3.05, 3.63) is 12.2 Å². The van der Waals surface area contributed by atoms with Gasteiger partial charge in [-0.15, -0.1) is 11.6 Å². The third-order valence-corrected chi connectivity index (χ3v) is 3.45. The first-order valence-corrected chi connectivity index (χ1v) is 5.07. The molecule has 1 heteroatoms. The highest BCUT2D eigenvalue weighted by molar-refractivity contribution is 6.18.